The zero-order valence-electron chi connectivity index (χ0n) is 19.2. The quantitative estimate of drug-likeness (QED) is 0.617. The first-order chi connectivity index (χ1) is 16.9. The summed E-state index contributed by atoms with van der Waals surface area (Å²) >= 11 is 0. The molecule has 5 rings (SSSR count). The van der Waals surface area contributed by atoms with Crippen molar-refractivity contribution < 1.29 is 23.5 Å². The van der Waals surface area contributed by atoms with E-state index in [2.05, 4.69) is 5.32 Å². The maximum atomic E-state index is 14.0. The van der Waals surface area contributed by atoms with E-state index >= 15 is 0 Å². The second-order valence-corrected chi connectivity index (χ2v) is 9.39. The number of allylic oxidation sites excluding steroid dienone is 3. The van der Waals surface area contributed by atoms with Crippen molar-refractivity contribution >= 4 is 17.6 Å². The number of β-lactam (4-membered cyclic amide) rings is 1. The highest BCUT2D eigenvalue weighted by Gasteiger charge is 2.62. The van der Waals surface area contributed by atoms with Crippen LogP contribution in [0.3, 0.4) is 0 Å². The van der Waals surface area contributed by atoms with Crippen LogP contribution in [-0.2, 0) is 11.3 Å². The van der Waals surface area contributed by atoms with Crippen molar-refractivity contribution in [2.75, 3.05) is 18.0 Å². The Labute approximate surface area is 202 Å². The average molecular weight is 480 g/mol. The van der Waals surface area contributed by atoms with Crippen molar-refractivity contribution in [2.24, 2.45) is 5.41 Å². The molecule has 182 valence electrons. The molecule has 1 atom stereocenters. The van der Waals surface area contributed by atoms with E-state index in [4.69, 9.17) is 0 Å². The zero-order valence-corrected chi connectivity index (χ0v) is 19.2. The molecule has 2 saturated heterocycles. The zero-order chi connectivity index (χ0) is 24.6. The van der Waals surface area contributed by atoms with E-state index < -0.39 is 11.2 Å². The Balaban J connectivity index is 1.31. The number of rotatable bonds is 4. The molecule has 1 spiro atoms. The molecule has 2 fully saturated rings. The minimum atomic E-state index is -0.668. The van der Waals surface area contributed by atoms with Gasteiger partial charge < -0.3 is 20.2 Å². The molecule has 2 aromatic rings. The van der Waals surface area contributed by atoms with Gasteiger partial charge in [0, 0.05) is 31.7 Å². The van der Waals surface area contributed by atoms with Gasteiger partial charge in [0.1, 0.15) is 11.6 Å². The van der Waals surface area contributed by atoms with Gasteiger partial charge in [-0.3, -0.25) is 4.79 Å². The lowest BCUT2D eigenvalue weighted by Crippen LogP contribution is -2.72. The summed E-state index contributed by atoms with van der Waals surface area (Å²) in [6.45, 7) is 1.03. The number of nitrogens with zero attached hydrogens (tertiary/aromatic N) is 2. The van der Waals surface area contributed by atoms with Gasteiger partial charge in [-0.2, -0.15) is 0 Å². The van der Waals surface area contributed by atoms with Crippen LogP contribution in [0.2, 0.25) is 0 Å². The van der Waals surface area contributed by atoms with E-state index in [0.717, 1.165) is 5.57 Å². The number of likely N-dealkylation sites (tertiary alicyclic amines) is 1. The average Bonchev–Trinajstić information content (AvgIpc) is 2.86. The molecule has 2 N–H and O–H groups in total. The van der Waals surface area contributed by atoms with E-state index in [0.29, 0.717) is 55.8 Å². The van der Waals surface area contributed by atoms with Crippen molar-refractivity contribution in [3.8, 4) is 0 Å². The standard InChI is InChI=1S/C27H27F2N3O3/c28-20-4-1-3-18(15-20)17-30-26(35)31-13-11-27(12-14-31)24(19-7-9-23(33)10-8-19)32(25(27)34)22-6-2-5-21(29)16-22/h1-7,9,15-16,24,33H,8,10-14,17H2,(H,30,35). The van der Waals surface area contributed by atoms with Crippen LogP contribution in [-0.4, -0.2) is 41.1 Å². The molecule has 2 heterocycles. The van der Waals surface area contributed by atoms with Gasteiger partial charge in [0.2, 0.25) is 5.91 Å². The molecule has 0 bridgehead atoms. The number of anilines is 1. The lowest BCUT2D eigenvalue weighted by atomic mass is 9.61. The first-order valence-corrected chi connectivity index (χ1v) is 11.8. The Hall–Kier alpha value is -3.68. The summed E-state index contributed by atoms with van der Waals surface area (Å²) in [7, 11) is 0. The van der Waals surface area contributed by atoms with Crippen molar-refractivity contribution in [2.45, 2.75) is 38.3 Å². The second-order valence-electron chi connectivity index (χ2n) is 9.39. The molecule has 35 heavy (non-hydrogen) atoms. The maximum Gasteiger partial charge on any atom is 0.317 e. The Bertz CT molecular complexity index is 1220. The third-order valence-corrected chi connectivity index (χ3v) is 7.30. The molecule has 1 unspecified atom stereocenters. The molecule has 3 aliphatic rings. The van der Waals surface area contributed by atoms with Crippen LogP contribution in [0.4, 0.5) is 19.3 Å². The van der Waals surface area contributed by atoms with Crippen molar-refractivity contribution in [1.29, 1.82) is 0 Å². The summed E-state index contributed by atoms with van der Waals surface area (Å²) < 4.78 is 27.4. The van der Waals surface area contributed by atoms with Gasteiger partial charge in [-0.1, -0.05) is 24.3 Å². The number of nitrogens with one attached hydrogen (secondary N) is 1. The number of amides is 3. The Morgan fingerprint density at radius 1 is 1.03 bits per heavy atom. The number of aliphatic hydroxyl groups is 1. The van der Waals surface area contributed by atoms with Gasteiger partial charge in [0.25, 0.3) is 0 Å². The lowest BCUT2D eigenvalue weighted by molar-refractivity contribution is -0.142. The SMILES string of the molecule is O=C(NCc1cccc(F)c1)N1CCC2(CC1)C(=O)N(c1cccc(F)c1)C2C1=CC=C(O)CC1. The molecule has 8 heteroatoms. The number of carbonyl (C=O) groups excluding carboxylic acids is 2. The summed E-state index contributed by atoms with van der Waals surface area (Å²) in [6.07, 6.45) is 5.62. The van der Waals surface area contributed by atoms with Gasteiger partial charge >= 0.3 is 6.03 Å². The van der Waals surface area contributed by atoms with E-state index in [1.54, 1.807) is 40.1 Å². The molecule has 2 aliphatic heterocycles. The number of urea groups is 1. The van der Waals surface area contributed by atoms with Gasteiger partial charge in [-0.05, 0) is 66.8 Å². The summed E-state index contributed by atoms with van der Waals surface area (Å²) in [5, 5.41) is 12.7. The summed E-state index contributed by atoms with van der Waals surface area (Å²) in [5.41, 5.74) is 1.54. The predicted molar refractivity (Wildman–Crippen MR) is 128 cm³/mol. The fourth-order valence-electron chi connectivity index (χ4n) is 5.47. The van der Waals surface area contributed by atoms with Gasteiger partial charge in [-0.15, -0.1) is 0 Å². The Kier molecular flexibility index (Phi) is 6.05. The first-order valence-electron chi connectivity index (χ1n) is 11.8. The minimum Gasteiger partial charge on any atom is -0.512 e. The molecule has 3 amide bonds. The molecule has 6 nitrogen and oxygen atoms in total. The van der Waals surface area contributed by atoms with Crippen molar-refractivity contribution in [3.63, 3.8) is 0 Å². The minimum absolute atomic E-state index is 0.0624. The first kappa shape index (κ1) is 23.1. The molecule has 2 aromatic carbocycles. The van der Waals surface area contributed by atoms with Crippen LogP contribution in [0.15, 0.2) is 72.0 Å². The molecule has 0 radical (unpaired) electrons. The molecule has 0 aromatic heterocycles. The summed E-state index contributed by atoms with van der Waals surface area (Å²) in [5.74, 6) is -0.521. The molecule has 0 saturated carbocycles. The fraction of sp³-hybridized carbons (Fsp3) is 0.333. The Morgan fingerprint density at radius 2 is 1.74 bits per heavy atom. The van der Waals surface area contributed by atoms with Crippen LogP contribution in [0.25, 0.3) is 0 Å². The number of halogens is 2. The number of benzene rings is 2. The second kappa shape index (κ2) is 9.17. The predicted octanol–water partition coefficient (Wildman–Crippen LogP) is 4.83. The third-order valence-electron chi connectivity index (χ3n) is 7.30. The van der Waals surface area contributed by atoms with Crippen LogP contribution < -0.4 is 10.2 Å². The number of piperidine rings is 1. The van der Waals surface area contributed by atoms with Crippen molar-refractivity contribution in [1.82, 2.24) is 10.2 Å². The van der Waals surface area contributed by atoms with Crippen LogP contribution in [0, 0.1) is 17.0 Å². The summed E-state index contributed by atoms with van der Waals surface area (Å²) in [4.78, 5) is 29.6. The topological polar surface area (TPSA) is 72.9 Å². The maximum absolute atomic E-state index is 14.0. The number of aliphatic hydroxyl groups excluding tert-OH is 1. The summed E-state index contributed by atoms with van der Waals surface area (Å²) in [6, 6.07) is 11.6. The number of hydrogen-bond donors (Lipinski definition) is 2. The van der Waals surface area contributed by atoms with Gasteiger partial charge in [0.05, 0.1) is 17.2 Å². The van der Waals surface area contributed by atoms with E-state index in [1.807, 2.05) is 6.08 Å². The number of hydrogen-bond acceptors (Lipinski definition) is 3. The largest absolute Gasteiger partial charge is 0.512 e. The fourth-order valence-corrected chi connectivity index (χ4v) is 5.47. The molecular weight excluding hydrogens is 452 g/mol. The highest BCUT2D eigenvalue weighted by molar-refractivity contribution is 6.07. The van der Waals surface area contributed by atoms with Crippen molar-refractivity contribution in [3.05, 3.63) is 89.2 Å². The van der Waals surface area contributed by atoms with Crippen LogP contribution in [0.5, 0.6) is 0 Å². The Morgan fingerprint density at radius 3 is 2.40 bits per heavy atom. The highest BCUT2D eigenvalue weighted by Crippen LogP contribution is 2.53. The molecule has 1 aliphatic carbocycles. The normalized spacial score (nSPS) is 21.3. The lowest BCUT2D eigenvalue weighted by Gasteiger charge is -2.59. The van der Waals surface area contributed by atoms with E-state index in [1.165, 1.54) is 24.3 Å². The van der Waals surface area contributed by atoms with Gasteiger partial charge in [0.15, 0.2) is 0 Å². The van der Waals surface area contributed by atoms with E-state index in [9.17, 15) is 23.5 Å². The highest BCUT2D eigenvalue weighted by atomic mass is 19.1. The third kappa shape index (κ3) is 4.29. The monoisotopic (exact) mass is 479 g/mol. The van der Waals surface area contributed by atoms with E-state index in [-0.39, 0.29) is 30.3 Å². The smallest absolute Gasteiger partial charge is 0.317 e. The van der Waals surface area contributed by atoms with Gasteiger partial charge in [-0.25, -0.2) is 13.6 Å². The van der Waals surface area contributed by atoms with Crippen LogP contribution in [0.1, 0.15) is 31.2 Å². The van der Waals surface area contributed by atoms with Crippen LogP contribution >= 0.6 is 0 Å². The molecular formula is C27H27F2N3O3. The number of carbonyl (C=O) groups is 2.